The van der Waals surface area contributed by atoms with E-state index in [-0.39, 0.29) is 18.5 Å². The lowest BCUT2D eigenvalue weighted by Crippen LogP contribution is -2.36. The summed E-state index contributed by atoms with van der Waals surface area (Å²) in [6, 6.07) is 0. The summed E-state index contributed by atoms with van der Waals surface area (Å²) in [4.78, 5) is 34.9. The van der Waals surface area contributed by atoms with Gasteiger partial charge in [0, 0.05) is 0 Å². The van der Waals surface area contributed by atoms with Crippen molar-refractivity contribution in [2.24, 2.45) is 17.8 Å². The average molecular weight is 314 g/mol. The fraction of sp³-hybridized carbons (Fsp3) is 0.812. The van der Waals surface area contributed by atoms with Crippen LogP contribution in [-0.4, -0.2) is 35.7 Å². The first-order valence-electron chi connectivity index (χ1n) is 7.96. The average Bonchev–Trinajstić information content (AvgIpc) is 2.51. The monoisotopic (exact) mass is 314 g/mol. The summed E-state index contributed by atoms with van der Waals surface area (Å²) in [5.74, 6) is -3.21. The van der Waals surface area contributed by atoms with Crippen LogP contribution >= 0.6 is 0 Å². The van der Waals surface area contributed by atoms with Gasteiger partial charge in [0.2, 0.25) is 0 Å². The van der Waals surface area contributed by atoms with E-state index in [0.717, 1.165) is 12.8 Å². The van der Waals surface area contributed by atoms with Crippen molar-refractivity contribution >= 4 is 17.9 Å². The molecule has 126 valence electrons. The molecule has 6 heteroatoms. The molecule has 22 heavy (non-hydrogen) atoms. The molecule has 1 aliphatic rings. The van der Waals surface area contributed by atoms with E-state index in [1.54, 1.807) is 13.8 Å². The molecule has 0 aromatic carbocycles. The highest BCUT2D eigenvalue weighted by Gasteiger charge is 2.37. The van der Waals surface area contributed by atoms with Crippen LogP contribution in [0.5, 0.6) is 0 Å². The zero-order valence-electron chi connectivity index (χ0n) is 13.5. The number of carboxylic acid groups (broad SMARTS) is 1. The van der Waals surface area contributed by atoms with Gasteiger partial charge in [0.1, 0.15) is 12.7 Å². The molecule has 1 aliphatic carbocycles. The van der Waals surface area contributed by atoms with Crippen LogP contribution in [0.3, 0.4) is 0 Å². The zero-order valence-corrected chi connectivity index (χ0v) is 13.5. The molecule has 0 saturated heterocycles. The van der Waals surface area contributed by atoms with Crippen molar-refractivity contribution in [2.75, 3.05) is 6.61 Å². The van der Waals surface area contributed by atoms with Gasteiger partial charge >= 0.3 is 17.9 Å². The lowest BCUT2D eigenvalue weighted by atomic mass is 9.79. The Morgan fingerprint density at radius 3 is 2.27 bits per heavy atom. The van der Waals surface area contributed by atoms with Gasteiger partial charge in [0.25, 0.3) is 0 Å². The van der Waals surface area contributed by atoms with E-state index in [2.05, 4.69) is 0 Å². The van der Waals surface area contributed by atoms with Crippen LogP contribution < -0.4 is 0 Å². The lowest BCUT2D eigenvalue weighted by Gasteiger charge is -2.27. The Bertz CT molecular complexity index is 405. The van der Waals surface area contributed by atoms with Gasteiger partial charge in [-0.2, -0.15) is 0 Å². The van der Waals surface area contributed by atoms with Crippen molar-refractivity contribution in [2.45, 2.75) is 59.0 Å². The second-order valence-corrected chi connectivity index (χ2v) is 6.02. The molecule has 0 amide bonds. The van der Waals surface area contributed by atoms with Crippen LogP contribution in [0.15, 0.2) is 0 Å². The summed E-state index contributed by atoms with van der Waals surface area (Å²) >= 11 is 0. The fourth-order valence-corrected chi connectivity index (χ4v) is 2.54. The van der Waals surface area contributed by atoms with Crippen LogP contribution in [0.1, 0.15) is 52.9 Å². The standard InChI is InChI=1S/C16H26O6/c1-4-10(2)15(19)21-9-11(3)22-16(20)13-8-6-5-7-12(13)14(17)18/h10-13H,4-9H2,1-3H3,(H,17,18). The first-order chi connectivity index (χ1) is 10.4. The summed E-state index contributed by atoms with van der Waals surface area (Å²) in [7, 11) is 0. The highest BCUT2D eigenvalue weighted by molar-refractivity contribution is 5.81. The second-order valence-electron chi connectivity index (χ2n) is 6.02. The number of hydrogen-bond acceptors (Lipinski definition) is 5. The summed E-state index contributed by atoms with van der Waals surface area (Å²) in [5, 5.41) is 9.18. The first kappa shape index (κ1) is 18.5. The van der Waals surface area contributed by atoms with Crippen molar-refractivity contribution in [1.29, 1.82) is 0 Å². The van der Waals surface area contributed by atoms with Gasteiger partial charge in [-0.25, -0.2) is 0 Å². The number of aliphatic carboxylic acids is 1. The van der Waals surface area contributed by atoms with E-state index in [1.807, 2.05) is 6.92 Å². The normalized spacial score (nSPS) is 24.1. The van der Waals surface area contributed by atoms with Crippen LogP contribution in [0.2, 0.25) is 0 Å². The Balaban J connectivity index is 2.45. The van der Waals surface area contributed by atoms with Crippen molar-refractivity contribution in [1.82, 2.24) is 0 Å². The Kier molecular flexibility index (Phi) is 7.35. The molecular formula is C16H26O6. The molecule has 0 heterocycles. The Morgan fingerprint density at radius 2 is 1.73 bits per heavy atom. The Hall–Kier alpha value is -1.59. The van der Waals surface area contributed by atoms with Crippen LogP contribution in [0, 0.1) is 17.8 Å². The minimum Gasteiger partial charge on any atom is -0.481 e. The van der Waals surface area contributed by atoms with Crippen molar-refractivity contribution in [3.8, 4) is 0 Å². The minimum atomic E-state index is -0.947. The topological polar surface area (TPSA) is 89.9 Å². The molecule has 0 aromatic rings. The third-order valence-corrected chi connectivity index (χ3v) is 4.18. The predicted molar refractivity (Wildman–Crippen MR) is 79.1 cm³/mol. The molecule has 6 nitrogen and oxygen atoms in total. The largest absolute Gasteiger partial charge is 0.481 e. The molecule has 0 radical (unpaired) electrons. The van der Waals surface area contributed by atoms with Gasteiger partial charge in [0.05, 0.1) is 17.8 Å². The van der Waals surface area contributed by atoms with Crippen molar-refractivity contribution in [3.63, 3.8) is 0 Å². The van der Waals surface area contributed by atoms with Gasteiger partial charge in [0.15, 0.2) is 0 Å². The van der Waals surface area contributed by atoms with E-state index in [1.165, 1.54) is 0 Å². The van der Waals surface area contributed by atoms with Crippen LogP contribution in [-0.2, 0) is 23.9 Å². The smallest absolute Gasteiger partial charge is 0.310 e. The highest BCUT2D eigenvalue weighted by Crippen LogP contribution is 2.31. The SMILES string of the molecule is CCC(C)C(=O)OCC(C)OC(=O)C1CCCCC1C(=O)O. The van der Waals surface area contributed by atoms with E-state index >= 15 is 0 Å². The van der Waals surface area contributed by atoms with Gasteiger partial charge in [-0.1, -0.05) is 26.7 Å². The number of ether oxygens (including phenoxy) is 2. The van der Waals surface area contributed by atoms with E-state index in [9.17, 15) is 19.5 Å². The third-order valence-electron chi connectivity index (χ3n) is 4.18. The molecule has 0 bridgehead atoms. The second kappa shape index (κ2) is 8.76. The molecule has 1 saturated carbocycles. The Labute approximate surface area is 131 Å². The summed E-state index contributed by atoms with van der Waals surface area (Å²) < 4.78 is 10.3. The van der Waals surface area contributed by atoms with Gasteiger partial charge in [-0.3, -0.25) is 14.4 Å². The van der Waals surface area contributed by atoms with E-state index < -0.39 is 29.9 Å². The maximum absolute atomic E-state index is 12.1. The maximum Gasteiger partial charge on any atom is 0.310 e. The Morgan fingerprint density at radius 1 is 1.14 bits per heavy atom. The predicted octanol–water partition coefficient (Wildman–Crippen LogP) is 2.40. The lowest BCUT2D eigenvalue weighted by molar-refractivity contribution is -0.168. The molecule has 0 spiro atoms. The molecule has 4 atom stereocenters. The van der Waals surface area contributed by atoms with Crippen LogP contribution in [0.4, 0.5) is 0 Å². The molecule has 4 unspecified atom stereocenters. The quantitative estimate of drug-likeness (QED) is 0.726. The van der Waals surface area contributed by atoms with Crippen molar-refractivity contribution < 1.29 is 29.0 Å². The molecule has 1 rings (SSSR count). The molecule has 1 fully saturated rings. The number of carbonyl (C=O) groups is 3. The van der Waals surface area contributed by atoms with Gasteiger partial charge < -0.3 is 14.6 Å². The number of esters is 2. The van der Waals surface area contributed by atoms with Gasteiger partial charge in [-0.15, -0.1) is 0 Å². The van der Waals surface area contributed by atoms with Crippen molar-refractivity contribution in [3.05, 3.63) is 0 Å². The third kappa shape index (κ3) is 5.31. The molecule has 0 aliphatic heterocycles. The molecular weight excluding hydrogens is 288 g/mol. The molecule has 0 aromatic heterocycles. The summed E-state index contributed by atoms with van der Waals surface area (Å²) in [6.45, 7) is 5.31. The fourth-order valence-electron chi connectivity index (χ4n) is 2.54. The van der Waals surface area contributed by atoms with Gasteiger partial charge in [-0.05, 0) is 26.2 Å². The summed E-state index contributed by atoms with van der Waals surface area (Å²) in [5.41, 5.74) is 0. The number of carbonyl (C=O) groups excluding carboxylic acids is 2. The summed E-state index contributed by atoms with van der Waals surface area (Å²) in [6.07, 6.45) is 2.82. The number of rotatable bonds is 7. The minimum absolute atomic E-state index is 0.000624. The molecule has 1 N–H and O–H groups in total. The zero-order chi connectivity index (χ0) is 16.7. The number of hydrogen-bond donors (Lipinski definition) is 1. The van der Waals surface area contributed by atoms with E-state index in [0.29, 0.717) is 19.3 Å². The highest BCUT2D eigenvalue weighted by atomic mass is 16.6. The van der Waals surface area contributed by atoms with Crippen LogP contribution in [0.25, 0.3) is 0 Å². The first-order valence-corrected chi connectivity index (χ1v) is 7.96. The number of carboxylic acids is 1. The maximum atomic E-state index is 12.1. The van der Waals surface area contributed by atoms with E-state index in [4.69, 9.17) is 9.47 Å².